The second-order valence-electron chi connectivity index (χ2n) is 3.25. The Morgan fingerprint density at radius 3 is 1.89 bits per heavy atom. The second-order valence-corrected chi connectivity index (χ2v) is 3.25. The first-order chi connectivity index (χ1) is 7.81. The molecule has 0 radical (unpaired) electrons. The van der Waals surface area contributed by atoms with Crippen LogP contribution in [-0.4, -0.2) is 17.0 Å². The lowest BCUT2D eigenvalue weighted by atomic mass is 10.1. The van der Waals surface area contributed by atoms with Gasteiger partial charge in [0.05, 0.1) is 0 Å². The van der Waals surface area contributed by atoms with Crippen LogP contribution in [0.25, 0.3) is 0 Å². The van der Waals surface area contributed by atoms with Gasteiger partial charge < -0.3 is 16.6 Å². The zero-order chi connectivity index (χ0) is 13.8. The first kappa shape index (κ1) is 21.6. The number of carboxylic acids is 1. The molecule has 0 spiro atoms. The van der Waals surface area contributed by atoms with Crippen LogP contribution in [0.5, 0.6) is 0 Å². The van der Waals surface area contributed by atoms with Crippen LogP contribution < -0.4 is 11.5 Å². The molecule has 0 fully saturated rings. The third kappa shape index (κ3) is 19.8. The zero-order valence-corrected chi connectivity index (χ0v) is 12.0. The number of nitrogens with one attached hydrogen (secondary N) is 1. The highest BCUT2D eigenvalue weighted by atomic mass is 32.1. The van der Waals surface area contributed by atoms with Crippen LogP contribution in [0, 0.1) is 12.3 Å². The summed E-state index contributed by atoms with van der Waals surface area (Å²) < 4.78 is 0. The molecule has 0 bridgehead atoms. The SMILES string of the molecule is CC(=O)O.CCc1ccccc1C.N=C(N)N.S. The molecule has 0 unspecified atom stereocenters. The molecule has 0 aliphatic heterocycles. The topological polar surface area (TPSA) is 113 Å². The Hall–Kier alpha value is -1.69. The number of aliphatic carboxylic acids is 1. The fourth-order valence-electron chi connectivity index (χ4n) is 1.01. The number of benzene rings is 1. The molecular weight excluding hydrogens is 250 g/mol. The number of nitrogens with two attached hydrogens (primary N) is 2. The summed E-state index contributed by atoms with van der Waals surface area (Å²) in [6.45, 7) is 5.42. The van der Waals surface area contributed by atoms with Crippen molar-refractivity contribution in [3.63, 3.8) is 0 Å². The molecule has 104 valence electrons. The second kappa shape index (κ2) is 13.4. The summed E-state index contributed by atoms with van der Waals surface area (Å²) >= 11 is 0. The largest absolute Gasteiger partial charge is 0.481 e. The highest BCUT2D eigenvalue weighted by molar-refractivity contribution is 7.59. The lowest BCUT2D eigenvalue weighted by Crippen LogP contribution is -2.20. The van der Waals surface area contributed by atoms with E-state index >= 15 is 0 Å². The minimum absolute atomic E-state index is 0. The summed E-state index contributed by atoms with van der Waals surface area (Å²) in [6.07, 6.45) is 1.15. The van der Waals surface area contributed by atoms with Crippen molar-refractivity contribution in [1.82, 2.24) is 0 Å². The predicted molar refractivity (Wildman–Crippen MR) is 80.3 cm³/mol. The Kier molecular flexibility index (Phi) is 16.0. The number of hydrogen-bond donors (Lipinski definition) is 4. The van der Waals surface area contributed by atoms with Gasteiger partial charge in [-0.1, -0.05) is 31.2 Å². The number of hydrogen-bond acceptors (Lipinski definition) is 2. The Bertz CT molecular complexity index is 337. The maximum Gasteiger partial charge on any atom is 0.300 e. The summed E-state index contributed by atoms with van der Waals surface area (Å²) in [5, 5.41) is 13.5. The molecule has 6 heteroatoms. The third-order valence-corrected chi connectivity index (χ3v) is 1.64. The molecule has 0 aliphatic carbocycles. The highest BCUT2D eigenvalue weighted by Crippen LogP contribution is 2.06. The molecule has 0 atom stereocenters. The zero-order valence-electron chi connectivity index (χ0n) is 11.0. The summed E-state index contributed by atoms with van der Waals surface area (Å²) in [4.78, 5) is 9.00. The number of carbonyl (C=O) groups is 1. The van der Waals surface area contributed by atoms with E-state index in [4.69, 9.17) is 15.3 Å². The molecule has 0 heterocycles. The number of carboxylic acid groups (broad SMARTS) is 1. The minimum atomic E-state index is -0.833. The smallest absolute Gasteiger partial charge is 0.300 e. The van der Waals surface area contributed by atoms with Crippen molar-refractivity contribution in [2.24, 2.45) is 11.5 Å². The van der Waals surface area contributed by atoms with Crippen molar-refractivity contribution in [2.75, 3.05) is 0 Å². The van der Waals surface area contributed by atoms with Gasteiger partial charge in [0, 0.05) is 6.92 Å². The van der Waals surface area contributed by atoms with Crippen molar-refractivity contribution >= 4 is 25.4 Å². The van der Waals surface area contributed by atoms with Gasteiger partial charge >= 0.3 is 0 Å². The van der Waals surface area contributed by atoms with Gasteiger partial charge in [0.1, 0.15) is 0 Å². The number of guanidine groups is 1. The summed E-state index contributed by atoms with van der Waals surface area (Å²) in [6, 6.07) is 8.49. The normalized spacial score (nSPS) is 7.50. The summed E-state index contributed by atoms with van der Waals surface area (Å²) in [7, 11) is 0. The van der Waals surface area contributed by atoms with E-state index in [1.165, 1.54) is 11.1 Å². The van der Waals surface area contributed by atoms with E-state index < -0.39 is 5.97 Å². The lowest BCUT2D eigenvalue weighted by molar-refractivity contribution is -0.134. The lowest BCUT2D eigenvalue weighted by Gasteiger charge is -1.98. The van der Waals surface area contributed by atoms with Crippen LogP contribution in [0.3, 0.4) is 0 Å². The van der Waals surface area contributed by atoms with Crippen LogP contribution >= 0.6 is 13.5 Å². The van der Waals surface area contributed by atoms with Crippen LogP contribution in [-0.2, 0) is 11.2 Å². The Labute approximate surface area is 115 Å². The molecule has 18 heavy (non-hydrogen) atoms. The van der Waals surface area contributed by atoms with Gasteiger partial charge in [-0.15, -0.1) is 0 Å². The first-order valence-corrected chi connectivity index (χ1v) is 5.14. The quantitative estimate of drug-likeness (QED) is 0.459. The molecule has 6 N–H and O–H groups in total. The minimum Gasteiger partial charge on any atom is -0.481 e. The Morgan fingerprint density at radius 2 is 1.67 bits per heavy atom. The average Bonchev–Trinajstić information content (AvgIpc) is 2.16. The van der Waals surface area contributed by atoms with Crippen LogP contribution in [0.15, 0.2) is 24.3 Å². The maximum atomic E-state index is 9.00. The molecule has 1 rings (SSSR count). The standard InChI is InChI=1S/C9H12.C2H4O2.CH5N3.H2S/c1-3-9-7-5-4-6-8(9)2;1-2(3)4;2-1(3)4;/h4-7H,3H2,1-2H3;1H3,(H,3,4);(H5,2,3,4);1H2. The van der Waals surface area contributed by atoms with E-state index in [2.05, 4.69) is 49.6 Å². The van der Waals surface area contributed by atoms with Crippen molar-refractivity contribution in [2.45, 2.75) is 27.2 Å². The van der Waals surface area contributed by atoms with Crippen LogP contribution in [0.1, 0.15) is 25.0 Å². The van der Waals surface area contributed by atoms with Gasteiger partial charge in [0.2, 0.25) is 0 Å². The van der Waals surface area contributed by atoms with E-state index in [0.717, 1.165) is 13.3 Å². The predicted octanol–water partition coefficient (Wildman–Crippen LogP) is 1.60. The molecule has 0 aromatic heterocycles. The van der Waals surface area contributed by atoms with Crippen molar-refractivity contribution in [3.05, 3.63) is 35.4 Å². The summed E-state index contributed by atoms with van der Waals surface area (Å²) in [5.74, 6) is -1.17. The van der Waals surface area contributed by atoms with Crippen LogP contribution in [0.4, 0.5) is 0 Å². The first-order valence-electron chi connectivity index (χ1n) is 5.14. The fraction of sp³-hybridized carbons (Fsp3) is 0.333. The van der Waals surface area contributed by atoms with Gasteiger partial charge in [0.15, 0.2) is 5.96 Å². The van der Waals surface area contributed by atoms with Gasteiger partial charge in [0.25, 0.3) is 5.97 Å². The molecular formula is C12H23N3O2S. The molecule has 1 aromatic rings. The highest BCUT2D eigenvalue weighted by Gasteiger charge is 1.89. The van der Waals surface area contributed by atoms with Gasteiger partial charge in [-0.3, -0.25) is 10.2 Å². The van der Waals surface area contributed by atoms with Crippen LogP contribution in [0.2, 0.25) is 0 Å². The molecule has 1 aromatic carbocycles. The van der Waals surface area contributed by atoms with E-state index in [0.29, 0.717) is 0 Å². The fourth-order valence-corrected chi connectivity index (χ4v) is 1.01. The average molecular weight is 273 g/mol. The number of aryl methyl sites for hydroxylation is 2. The molecule has 5 nitrogen and oxygen atoms in total. The van der Waals surface area contributed by atoms with E-state index in [1.54, 1.807) is 0 Å². The Balaban J connectivity index is -0.000000214. The molecule has 0 saturated carbocycles. The van der Waals surface area contributed by atoms with E-state index in [1.807, 2.05) is 0 Å². The van der Waals surface area contributed by atoms with E-state index in [-0.39, 0.29) is 19.5 Å². The maximum absolute atomic E-state index is 9.00. The monoisotopic (exact) mass is 273 g/mol. The molecule has 0 amide bonds. The van der Waals surface area contributed by atoms with Crippen molar-refractivity contribution < 1.29 is 9.90 Å². The van der Waals surface area contributed by atoms with Gasteiger partial charge in [-0.05, 0) is 24.5 Å². The van der Waals surface area contributed by atoms with Crippen molar-refractivity contribution in [3.8, 4) is 0 Å². The molecule has 0 aliphatic rings. The van der Waals surface area contributed by atoms with Gasteiger partial charge in [-0.25, -0.2) is 0 Å². The summed E-state index contributed by atoms with van der Waals surface area (Å²) in [5.41, 5.74) is 11.8. The van der Waals surface area contributed by atoms with E-state index in [9.17, 15) is 0 Å². The Morgan fingerprint density at radius 1 is 1.33 bits per heavy atom. The third-order valence-electron chi connectivity index (χ3n) is 1.64. The van der Waals surface area contributed by atoms with Crippen molar-refractivity contribution in [1.29, 1.82) is 5.41 Å². The molecule has 0 saturated heterocycles. The number of rotatable bonds is 1. The van der Waals surface area contributed by atoms with Gasteiger partial charge in [-0.2, -0.15) is 13.5 Å².